The number of phenolic OH excluding ortho intramolecular Hbond substituents is 2. The van der Waals surface area contributed by atoms with E-state index >= 15 is 0 Å². The molecule has 0 aliphatic heterocycles. The molecule has 0 aromatic heterocycles. The van der Waals surface area contributed by atoms with Crippen molar-refractivity contribution in [3.05, 3.63) is 55.6 Å². The number of carbonyl (C=O) groups excluding carboxylic acids is 1. The maximum Gasteiger partial charge on any atom is 0.271 e. The van der Waals surface area contributed by atoms with Gasteiger partial charge in [-0.15, -0.1) is 0 Å². The molecule has 0 unspecified atom stereocenters. The van der Waals surface area contributed by atoms with Crippen LogP contribution in [-0.4, -0.2) is 22.3 Å². The second-order valence-electron chi connectivity index (χ2n) is 4.07. The van der Waals surface area contributed by atoms with Crippen LogP contribution in [-0.2, 0) is 0 Å². The normalized spacial score (nSPS) is 10.8. The molecule has 0 aliphatic carbocycles. The summed E-state index contributed by atoms with van der Waals surface area (Å²) in [6, 6.07) is 9.46. The number of hydrazone groups is 1. The molecule has 7 heteroatoms. The summed E-state index contributed by atoms with van der Waals surface area (Å²) >= 11 is 5.24. The monoisotopic (exact) mass is 460 g/mol. The van der Waals surface area contributed by atoms with E-state index in [4.69, 9.17) is 0 Å². The topological polar surface area (TPSA) is 81.9 Å². The zero-order chi connectivity index (χ0) is 15.4. The minimum atomic E-state index is -0.451. The second-order valence-corrected chi connectivity index (χ2v) is 6.15. The molecule has 2 aromatic rings. The van der Waals surface area contributed by atoms with Gasteiger partial charge in [0.05, 0.1) is 9.78 Å². The lowest BCUT2D eigenvalue weighted by Crippen LogP contribution is -2.17. The van der Waals surface area contributed by atoms with Crippen LogP contribution < -0.4 is 5.43 Å². The van der Waals surface area contributed by atoms with Crippen molar-refractivity contribution in [2.45, 2.75) is 0 Å². The van der Waals surface area contributed by atoms with Gasteiger partial charge < -0.3 is 10.2 Å². The SMILES string of the molecule is O=C(N/N=C/c1cc(Br)ccc1O)c1ccc(I)c(O)c1. The summed E-state index contributed by atoms with van der Waals surface area (Å²) in [5, 5.41) is 23.0. The van der Waals surface area contributed by atoms with Crippen LogP contribution in [0.3, 0.4) is 0 Å². The summed E-state index contributed by atoms with van der Waals surface area (Å²) in [7, 11) is 0. The standard InChI is InChI=1S/C14H10BrIN2O3/c15-10-2-4-12(19)9(5-10)7-17-18-14(21)8-1-3-11(16)13(20)6-8/h1-7,19-20H,(H,18,21)/b17-7+. The fraction of sp³-hybridized carbons (Fsp3) is 0. The predicted molar refractivity (Wildman–Crippen MR) is 91.7 cm³/mol. The Labute approximate surface area is 143 Å². The number of nitrogens with one attached hydrogen (secondary N) is 1. The van der Waals surface area contributed by atoms with Crippen molar-refractivity contribution in [3.63, 3.8) is 0 Å². The highest BCUT2D eigenvalue weighted by molar-refractivity contribution is 14.1. The Hall–Kier alpha value is -1.61. The molecule has 0 bridgehead atoms. The molecule has 0 heterocycles. The first-order valence-corrected chi connectivity index (χ1v) is 7.65. The van der Waals surface area contributed by atoms with Crippen LogP contribution in [0.5, 0.6) is 11.5 Å². The third kappa shape index (κ3) is 4.18. The average Bonchev–Trinajstić information content (AvgIpc) is 2.45. The molecule has 0 fully saturated rings. The summed E-state index contributed by atoms with van der Waals surface area (Å²) < 4.78 is 1.45. The number of aromatic hydroxyl groups is 2. The van der Waals surface area contributed by atoms with Crippen molar-refractivity contribution in [2.75, 3.05) is 0 Å². The average molecular weight is 461 g/mol. The lowest BCUT2D eigenvalue weighted by atomic mass is 10.2. The Bertz CT molecular complexity index is 719. The molecule has 0 aliphatic rings. The molecule has 0 radical (unpaired) electrons. The number of halogens is 2. The summed E-state index contributed by atoms with van der Waals surface area (Å²) in [4.78, 5) is 11.8. The van der Waals surface area contributed by atoms with Gasteiger partial charge in [-0.1, -0.05) is 15.9 Å². The van der Waals surface area contributed by atoms with Crippen molar-refractivity contribution < 1.29 is 15.0 Å². The number of amides is 1. The van der Waals surface area contributed by atoms with Gasteiger partial charge in [0.1, 0.15) is 11.5 Å². The molecule has 1 amide bonds. The zero-order valence-electron chi connectivity index (χ0n) is 10.5. The van der Waals surface area contributed by atoms with Crippen LogP contribution in [0.4, 0.5) is 0 Å². The lowest BCUT2D eigenvalue weighted by Gasteiger charge is -2.02. The highest BCUT2D eigenvalue weighted by Gasteiger charge is 2.07. The first kappa shape index (κ1) is 15.8. The van der Waals surface area contributed by atoms with Gasteiger partial charge in [-0.2, -0.15) is 5.10 Å². The summed E-state index contributed by atoms with van der Waals surface area (Å²) in [6.45, 7) is 0. The smallest absolute Gasteiger partial charge is 0.271 e. The van der Waals surface area contributed by atoms with Gasteiger partial charge in [0.2, 0.25) is 0 Å². The number of nitrogens with zero attached hydrogens (tertiary/aromatic N) is 1. The Morgan fingerprint density at radius 1 is 1.19 bits per heavy atom. The van der Waals surface area contributed by atoms with Crippen molar-refractivity contribution in [2.24, 2.45) is 5.10 Å². The fourth-order valence-corrected chi connectivity index (χ4v) is 2.22. The molecule has 0 saturated heterocycles. The molecule has 0 atom stereocenters. The first-order valence-electron chi connectivity index (χ1n) is 5.78. The van der Waals surface area contributed by atoms with E-state index in [9.17, 15) is 15.0 Å². The largest absolute Gasteiger partial charge is 0.507 e. The fourth-order valence-electron chi connectivity index (χ4n) is 1.51. The van der Waals surface area contributed by atoms with Crippen LogP contribution in [0.1, 0.15) is 15.9 Å². The van der Waals surface area contributed by atoms with Gasteiger partial charge in [0, 0.05) is 15.6 Å². The number of phenols is 2. The van der Waals surface area contributed by atoms with E-state index in [2.05, 4.69) is 26.5 Å². The van der Waals surface area contributed by atoms with Crippen molar-refractivity contribution in [1.29, 1.82) is 0 Å². The van der Waals surface area contributed by atoms with Crippen molar-refractivity contribution in [1.82, 2.24) is 5.43 Å². The van der Waals surface area contributed by atoms with Gasteiger partial charge in [-0.25, -0.2) is 5.43 Å². The molecular formula is C14H10BrIN2O3. The Morgan fingerprint density at radius 3 is 2.67 bits per heavy atom. The quantitative estimate of drug-likeness (QED) is 0.373. The van der Waals surface area contributed by atoms with Crippen LogP contribution in [0, 0.1) is 3.57 Å². The van der Waals surface area contributed by atoms with Crippen molar-refractivity contribution >= 4 is 50.6 Å². The Morgan fingerprint density at radius 2 is 1.95 bits per heavy atom. The van der Waals surface area contributed by atoms with E-state index in [-0.39, 0.29) is 11.5 Å². The van der Waals surface area contributed by atoms with E-state index in [1.165, 1.54) is 18.3 Å². The first-order chi connectivity index (χ1) is 9.97. The molecule has 108 valence electrons. The molecule has 3 N–H and O–H groups in total. The second kappa shape index (κ2) is 6.90. The maximum absolute atomic E-state index is 11.8. The minimum absolute atomic E-state index is 0.0388. The molecule has 21 heavy (non-hydrogen) atoms. The van der Waals surface area contributed by atoms with Crippen LogP contribution in [0.25, 0.3) is 0 Å². The molecule has 5 nitrogen and oxygen atoms in total. The Balaban J connectivity index is 2.08. The molecule has 2 rings (SSSR count). The van der Waals surface area contributed by atoms with E-state index in [1.54, 1.807) is 24.3 Å². The maximum atomic E-state index is 11.8. The number of rotatable bonds is 3. The third-order valence-electron chi connectivity index (χ3n) is 2.57. The summed E-state index contributed by atoms with van der Waals surface area (Å²) in [5.41, 5.74) is 3.09. The van der Waals surface area contributed by atoms with Crippen LogP contribution in [0.2, 0.25) is 0 Å². The van der Waals surface area contributed by atoms with E-state index in [0.29, 0.717) is 14.7 Å². The molecular weight excluding hydrogens is 451 g/mol. The highest BCUT2D eigenvalue weighted by Crippen LogP contribution is 2.21. The highest BCUT2D eigenvalue weighted by atomic mass is 127. The van der Waals surface area contributed by atoms with E-state index in [0.717, 1.165) is 4.47 Å². The van der Waals surface area contributed by atoms with Gasteiger partial charge in [-0.05, 0) is 59.0 Å². The zero-order valence-corrected chi connectivity index (χ0v) is 14.3. The predicted octanol–water partition coefficient (Wildman–Crippen LogP) is 3.23. The molecule has 2 aromatic carbocycles. The lowest BCUT2D eigenvalue weighted by molar-refractivity contribution is 0.0954. The Kier molecular flexibility index (Phi) is 5.18. The minimum Gasteiger partial charge on any atom is -0.507 e. The van der Waals surface area contributed by atoms with E-state index < -0.39 is 5.91 Å². The van der Waals surface area contributed by atoms with Gasteiger partial charge in [-0.3, -0.25) is 4.79 Å². The summed E-state index contributed by atoms with van der Waals surface area (Å²) in [6.07, 6.45) is 1.34. The number of carbonyl (C=O) groups is 1. The van der Waals surface area contributed by atoms with Gasteiger partial charge in [0.15, 0.2) is 0 Å². The van der Waals surface area contributed by atoms with Crippen LogP contribution >= 0.6 is 38.5 Å². The van der Waals surface area contributed by atoms with Gasteiger partial charge >= 0.3 is 0 Å². The van der Waals surface area contributed by atoms with E-state index in [1.807, 2.05) is 22.6 Å². The molecule has 0 saturated carbocycles. The summed E-state index contributed by atoms with van der Waals surface area (Å²) in [5.74, 6) is -0.354. The third-order valence-corrected chi connectivity index (χ3v) is 3.97. The number of hydrogen-bond acceptors (Lipinski definition) is 4. The number of benzene rings is 2. The van der Waals surface area contributed by atoms with Crippen LogP contribution in [0.15, 0.2) is 46.0 Å². The number of hydrogen-bond donors (Lipinski definition) is 3. The molecule has 0 spiro atoms. The van der Waals surface area contributed by atoms with Crippen molar-refractivity contribution in [3.8, 4) is 11.5 Å². The van der Waals surface area contributed by atoms with Gasteiger partial charge in [0.25, 0.3) is 5.91 Å².